The van der Waals surface area contributed by atoms with E-state index < -0.39 is 6.10 Å². The van der Waals surface area contributed by atoms with Crippen LogP contribution in [0.3, 0.4) is 0 Å². The van der Waals surface area contributed by atoms with Gasteiger partial charge < -0.3 is 15.5 Å². The molecule has 2 aromatic rings. The molecular formula is C14H21N3O3. The maximum absolute atomic E-state index is 12.2. The Hall–Kier alpha value is -1.79. The van der Waals surface area contributed by atoms with Crippen LogP contribution < -0.4 is 11.0 Å². The Morgan fingerprint density at radius 2 is 1.85 bits per heavy atom. The van der Waals surface area contributed by atoms with Crippen LogP contribution in [0, 0.1) is 0 Å². The molecule has 1 aromatic carbocycles. The number of aromatic nitrogens is 2. The van der Waals surface area contributed by atoms with Crippen LogP contribution in [0.1, 0.15) is 13.8 Å². The fourth-order valence-electron chi connectivity index (χ4n) is 2.34. The Kier molecular flexibility index (Phi) is 4.46. The van der Waals surface area contributed by atoms with Crippen molar-refractivity contribution in [3.8, 4) is 0 Å². The summed E-state index contributed by atoms with van der Waals surface area (Å²) in [5, 5.41) is 21.2. The minimum absolute atomic E-state index is 0.00228. The number of hydrogen-bond donors (Lipinski definition) is 3. The molecule has 0 saturated carbocycles. The SMILES string of the molecule is CCn1c(=O)n(CC)c2cc(NCC(O)CO)ccc21. The number of nitrogens with zero attached hydrogens (tertiary/aromatic N) is 2. The number of aliphatic hydroxyl groups excluding tert-OH is 2. The van der Waals surface area contributed by atoms with Crippen molar-refractivity contribution in [1.82, 2.24) is 9.13 Å². The fourth-order valence-corrected chi connectivity index (χ4v) is 2.34. The van der Waals surface area contributed by atoms with Gasteiger partial charge in [0, 0.05) is 25.3 Å². The molecule has 0 amide bonds. The van der Waals surface area contributed by atoms with Crippen molar-refractivity contribution in [2.75, 3.05) is 18.5 Å². The Morgan fingerprint density at radius 1 is 1.20 bits per heavy atom. The zero-order valence-corrected chi connectivity index (χ0v) is 11.8. The van der Waals surface area contributed by atoms with Gasteiger partial charge in [0.05, 0.1) is 23.7 Å². The smallest absolute Gasteiger partial charge is 0.329 e. The normalized spacial score (nSPS) is 12.8. The third kappa shape index (κ3) is 2.57. The molecule has 0 aliphatic rings. The highest BCUT2D eigenvalue weighted by Gasteiger charge is 2.11. The van der Waals surface area contributed by atoms with E-state index in [9.17, 15) is 9.90 Å². The number of nitrogens with one attached hydrogen (secondary N) is 1. The van der Waals surface area contributed by atoms with E-state index in [4.69, 9.17) is 5.11 Å². The summed E-state index contributed by atoms with van der Waals surface area (Å²) >= 11 is 0. The van der Waals surface area contributed by atoms with E-state index in [2.05, 4.69) is 5.32 Å². The molecule has 0 saturated heterocycles. The molecule has 1 unspecified atom stereocenters. The van der Waals surface area contributed by atoms with E-state index >= 15 is 0 Å². The monoisotopic (exact) mass is 279 g/mol. The van der Waals surface area contributed by atoms with Gasteiger partial charge in [0.1, 0.15) is 0 Å². The van der Waals surface area contributed by atoms with Crippen molar-refractivity contribution < 1.29 is 10.2 Å². The summed E-state index contributed by atoms with van der Waals surface area (Å²) in [6.07, 6.45) is -0.792. The quantitative estimate of drug-likeness (QED) is 0.724. The van der Waals surface area contributed by atoms with Crippen molar-refractivity contribution in [3.05, 3.63) is 28.7 Å². The molecule has 2 rings (SSSR count). The number of rotatable bonds is 6. The van der Waals surface area contributed by atoms with Crippen molar-refractivity contribution in [2.24, 2.45) is 0 Å². The predicted octanol–water partition coefficient (Wildman–Crippen LogP) is 0.608. The molecule has 1 aromatic heterocycles. The lowest BCUT2D eigenvalue weighted by atomic mass is 10.2. The van der Waals surface area contributed by atoms with Crippen LogP contribution >= 0.6 is 0 Å². The van der Waals surface area contributed by atoms with E-state index in [-0.39, 0.29) is 18.8 Å². The lowest BCUT2D eigenvalue weighted by Crippen LogP contribution is -2.23. The van der Waals surface area contributed by atoms with Gasteiger partial charge in [-0.3, -0.25) is 9.13 Å². The first kappa shape index (κ1) is 14.6. The van der Waals surface area contributed by atoms with Crippen LogP contribution in [-0.2, 0) is 13.1 Å². The molecule has 110 valence electrons. The van der Waals surface area contributed by atoms with E-state index in [0.717, 1.165) is 16.7 Å². The van der Waals surface area contributed by atoms with E-state index in [0.29, 0.717) is 13.1 Å². The second-order valence-electron chi connectivity index (χ2n) is 4.69. The average molecular weight is 279 g/mol. The number of fused-ring (bicyclic) bond motifs is 1. The first-order valence-electron chi connectivity index (χ1n) is 6.88. The van der Waals surface area contributed by atoms with Crippen molar-refractivity contribution in [1.29, 1.82) is 0 Å². The summed E-state index contributed by atoms with van der Waals surface area (Å²) in [5.41, 5.74) is 2.61. The van der Waals surface area contributed by atoms with Gasteiger partial charge >= 0.3 is 5.69 Å². The van der Waals surface area contributed by atoms with Crippen LogP contribution in [0.2, 0.25) is 0 Å². The minimum atomic E-state index is -0.792. The highest BCUT2D eigenvalue weighted by atomic mass is 16.3. The Balaban J connectivity index is 2.40. The lowest BCUT2D eigenvalue weighted by Gasteiger charge is -2.10. The van der Waals surface area contributed by atoms with Crippen LogP contribution in [-0.4, -0.2) is 38.6 Å². The summed E-state index contributed by atoms with van der Waals surface area (Å²) in [6.45, 7) is 5.14. The van der Waals surface area contributed by atoms with Crippen LogP contribution in [0.15, 0.2) is 23.0 Å². The van der Waals surface area contributed by atoms with Crippen LogP contribution in [0.25, 0.3) is 11.0 Å². The molecule has 0 fully saturated rings. The van der Waals surface area contributed by atoms with Gasteiger partial charge in [-0.15, -0.1) is 0 Å². The Labute approximate surface area is 117 Å². The summed E-state index contributed by atoms with van der Waals surface area (Å²) in [5.74, 6) is 0. The summed E-state index contributed by atoms with van der Waals surface area (Å²) in [7, 11) is 0. The van der Waals surface area contributed by atoms with Gasteiger partial charge in [-0.2, -0.15) is 0 Å². The first-order valence-corrected chi connectivity index (χ1v) is 6.88. The van der Waals surface area contributed by atoms with Gasteiger partial charge in [-0.05, 0) is 32.0 Å². The first-order chi connectivity index (χ1) is 9.62. The number of aryl methyl sites for hydroxylation is 2. The summed E-state index contributed by atoms with van der Waals surface area (Å²) in [6, 6.07) is 5.68. The van der Waals surface area contributed by atoms with E-state index in [1.165, 1.54) is 0 Å². The second kappa shape index (κ2) is 6.11. The number of aliphatic hydroxyl groups is 2. The van der Waals surface area contributed by atoms with Gasteiger partial charge in [0.2, 0.25) is 0 Å². The molecule has 1 heterocycles. The number of benzene rings is 1. The van der Waals surface area contributed by atoms with Crippen molar-refractivity contribution >= 4 is 16.7 Å². The third-order valence-electron chi connectivity index (χ3n) is 3.40. The van der Waals surface area contributed by atoms with Crippen LogP contribution in [0.4, 0.5) is 5.69 Å². The molecule has 1 atom stereocenters. The average Bonchev–Trinajstić information content (AvgIpc) is 2.74. The van der Waals surface area contributed by atoms with E-state index in [1.807, 2.05) is 32.0 Å². The molecule has 0 aliphatic heterocycles. The number of anilines is 1. The molecule has 0 aliphatic carbocycles. The minimum Gasteiger partial charge on any atom is -0.394 e. The second-order valence-corrected chi connectivity index (χ2v) is 4.69. The largest absolute Gasteiger partial charge is 0.394 e. The molecule has 6 nitrogen and oxygen atoms in total. The molecule has 0 bridgehead atoms. The third-order valence-corrected chi connectivity index (χ3v) is 3.40. The molecular weight excluding hydrogens is 258 g/mol. The molecule has 20 heavy (non-hydrogen) atoms. The van der Waals surface area contributed by atoms with Crippen molar-refractivity contribution in [2.45, 2.75) is 33.0 Å². The van der Waals surface area contributed by atoms with Gasteiger partial charge in [-0.25, -0.2) is 4.79 Å². The fraction of sp³-hybridized carbons (Fsp3) is 0.500. The van der Waals surface area contributed by atoms with Crippen LogP contribution in [0.5, 0.6) is 0 Å². The highest BCUT2D eigenvalue weighted by Crippen LogP contribution is 2.19. The molecule has 6 heteroatoms. The van der Waals surface area contributed by atoms with Gasteiger partial charge in [-0.1, -0.05) is 0 Å². The number of imidazole rings is 1. The standard InChI is InChI=1S/C14H21N3O3/c1-3-16-12-6-5-10(15-8-11(19)9-18)7-13(12)17(4-2)14(16)20/h5-7,11,15,18-19H,3-4,8-9H2,1-2H3. The topological polar surface area (TPSA) is 79.4 Å². The summed E-state index contributed by atoms with van der Waals surface area (Å²) < 4.78 is 3.47. The maximum Gasteiger partial charge on any atom is 0.329 e. The van der Waals surface area contributed by atoms with Crippen molar-refractivity contribution in [3.63, 3.8) is 0 Å². The summed E-state index contributed by atoms with van der Waals surface area (Å²) in [4.78, 5) is 12.2. The van der Waals surface area contributed by atoms with Gasteiger partial charge in [0.25, 0.3) is 0 Å². The molecule has 0 spiro atoms. The number of hydrogen-bond acceptors (Lipinski definition) is 4. The predicted molar refractivity (Wildman–Crippen MR) is 79.1 cm³/mol. The zero-order valence-electron chi connectivity index (χ0n) is 11.8. The van der Waals surface area contributed by atoms with Gasteiger partial charge in [0.15, 0.2) is 0 Å². The highest BCUT2D eigenvalue weighted by molar-refractivity contribution is 5.80. The lowest BCUT2D eigenvalue weighted by molar-refractivity contribution is 0.105. The molecule has 3 N–H and O–H groups in total. The molecule has 0 radical (unpaired) electrons. The van der Waals surface area contributed by atoms with E-state index in [1.54, 1.807) is 9.13 Å². The Morgan fingerprint density at radius 3 is 2.45 bits per heavy atom. The zero-order chi connectivity index (χ0) is 14.7. The Bertz CT molecular complexity index is 645. The maximum atomic E-state index is 12.2.